The van der Waals surface area contributed by atoms with Crippen LogP contribution >= 0.6 is 0 Å². The molecule has 0 aromatic carbocycles. The highest BCUT2D eigenvalue weighted by Gasteiger charge is 2.50. The van der Waals surface area contributed by atoms with Gasteiger partial charge in [-0.3, -0.25) is 4.90 Å². The van der Waals surface area contributed by atoms with Gasteiger partial charge in [-0.1, -0.05) is 40.5 Å². The van der Waals surface area contributed by atoms with Crippen molar-refractivity contribution in [3.63, 3.8) is 0 Å². The van der Waals surface area contributed by atoms with Crippen molar-refractivity contribution in [3.8, 4) is 0 Å². The van der Waals surface area contributed by atoms with Crippen LogP contribution in [0.1, 0.15) is 59.8 Å². The van der Waals surface area contributed by atoms with E-state index in [4.69, 9.17) is 5.73 Å². The fourth-order valence-corrected chi connectivity index (χ4v) is 4.30. The number of hydrogen-bond acceptors (Lipinski definition) is 2. The fraction of sp³-hybridized carbons (Fsp3) is 1.00. The molecular weight excluding hydrogens is 220 g/mol. The van der Waals surface area contributed by atoms with E-state index < -0.39 is 0 Å². The summed E-state index contributed by atoms with van der Waals surface area (Å²) in [6, 6.07) is 0. The fourth-order valence-electron chi connectivity index (χ4n) is 4.30. The molecule has 1 saturated heterocycles. The van der Waals surface area contributed by atoms with Gasteiger partial charge in [-0.25, -0.2) is 0 Å². The normalized spacial score (nSPS) is 41.8. The van der Waals surface area contributed by atoms with Crippen molar-refractivity contribution in [2.45, 2.75) is 65.3 Å². The zero-order valence-corrected chi connectivity index (χ0v) is 12.8. The Bertz CT molecular complexity index is 287. The van der Waals surface area contributed by atoms with E-state index in [1.54, 1.807) is 0 Å². The Labute approximate surface area is 113 Å². The summed E-state index contributed by atoms with van der Waals surface area (Å²) in [5, 5.41) is 0. The molecule has 0 bridgehead atoms. The van der Waals surface area contributed by atoms with Crippen LogP contribution in [-0.4, -0.2) is 30.1 Å². The van der Waals surface area contributed by atoms with E-state index in [1.165, 1.54) is 45.2 Å². The van der Waals surface area contributed by atoms with Crippen molar-refractivity contribution in [1.29, 1.82) is 0 Å². The third-order valence-corrected chi connectivity index (χ3v) is 6.18. The van der Waals surface area contributed by atoms with Crippen molar-refractivity contribution in [2.75, 3.05) is 19.6 Å². The first-order valence-electron chi connectivity index (χ1n) is 7.88. The molecule has 0 radical (unpaired) electrons. The Morgan fingerprint density at radius 3 is 2.33 bits per heavy atom. The second-order valence-corrected chi connectivity index (χ2v) is 7.52. The second-order valence-electron chi connectivity index (χ2n) is 7.52. The first kappa shape index (κ1) is 14.3. The van der Waals surface area contributed by atoms with Crippen LogP contribution in [0.15, 0.2) is 0 Å². The van der Waals surface area contributed by atoms with Crippen LogP contribution in [0.5, 0.6) is 0 Å². The van der Waals surface area contributed by atoms with Crippen LogP contribution in [-0.2, 0) is 0 Å². The van der Waals surface area contributed by atoms with Crippen LogP contribution in [0.3, 0.4) is 0 Å². The van der Waals surface area contributed by atoms with Crippen LogP contribution in [0.2, 0.25) is 0 Å². The molecule has 1 saturated carbocycles. The van der Waals surface area contributed by atoms with Crippen molar-refractivity contribution >= 4 is 0 Å². The van der Waals surface area contributed by atoms with Crippen molar-refractivity contribution in [1.82, 2.24) is 4.90 Å². The average Bonchev–Trinajstić information content (AvgIpc) is 2.33. The predicted octanol–water partition coefficient (Wildman–Crippen LogP) is 3.26. The largest absolute Gasteiger partial charge is 0.329 e. The van der Waals surface area contributed by atoms with E-state index in [1.807, 2.05) is 0 Å². The van der Waals surface area contributed by atoms with Crippen LogP contribution in [0, 0.1) is 17.3 Å². The van der Waals surface area contributed by atoms with E-state index in [-0.39, 0.29) is 5.54 Å². The molecule has 0 spiro atoms. The highest BCUT2D eigenvalue weighted by atomic mass is 15.2. The Balaban J connectivity index is 2.21. The van der Waals surface area contributed by atoms with E-state index in [0.29, 0.717) is 5.41 Å². The molecule has 3 unspecified atom stereocenters. The average molecular weight is 252 g/mol. The van der Waals surface area contributed by atoms with E-state index in [9.17, 15) is 0 Å². The molecule has 1 heterocycles. The molecule has 2 nitrogen and oxygen atoms in total. The Morgan fingerprint density at radius 2 is 1.78 bits per heavy atom. The summed E-state index contributed by atoms with van der Waals surface area (Å²) in [6.45, 7) is 13.1. The van der Waals surface area contributed by atoms with Crippen LogP contribution in [0.4, 0.5) is 0 Å². The van der Waals surface area contributed by atoms with Gasteiger partial charge in [-0.05, 0) is 43.1 Å². The van der Waals surface area contributed by atoms with Crippen molar-refractivity contribution in [3.05, 3.63) is 0 Å². The lowest BCUT2D eigenvalue weighted by molar-refractivity contribution is -0.0700. The maximum Gasteiger partial charge on any atom is 0.0382 e. The Morgan fingerprint density at radius 1 is 1.11 bits per heavy atom. The molecule has 0 amide bonds. The van der Waals surface area contributed by atoms with Gasteiger partial charge in [0.1, 0.15) is 0 Å². The number of hydrogen-bond donors (Lipinski definition) is 1. The van der Waals surface area contributed by atoms with Crippen LogP contribution < -0.4 is 5.73 Å². The summed E-state index contributed by atoms with van der Waals surface area (Å²) in [7, 11) is 0. The smallest absolute Gasteiger partial charge is 0.0382 e. The van der Waals surface area contributed by atoms with E-state index in [2.05, 4.69) is 32.6 Å². The quantitative estimate of drug-likeness (QED) is 0.817. The molecule has 1 aliphatic heterocycles. The van der Waals surface area contributed by atoms with Crippen molar-refractivity contribution < 1.29 is 0 Å². The zero-order valence-electron chi connectivity index (χ0n) is 12.8. The van der Waals surface area contributed by atoms with Gasteiger partial charge >= 0.3 is 0 Å². The van der Waals surface area contributed by atoms with Gasteiger partial charge in [0, 0.05) is 18.6 Å². The third-order valence-electron chi connectivity index (χ3n) is 6.18. The molecular formula is C16H32N2. The number of likely N-dealkylation sites (tertiary alicyclic amines) is 1. The summed E-state index contributed by atoms with van der Waals surface area (Å²) in [5.41, 5.74) is 6.92. The maximum atomic E-state index is 6.28. The van der Waals surface area contributed by atoms with Gasteiger partial charge in [0.15, 0.2) is 0 Å². The van der Waals surface area contributed by atoms with Gasteiger partial charge in [0.05, 0.1) is 0 Å². The molecule has 2 N–H and O–H groups in total. The second kappa shape index (κ2) is 5.13. The maximum absolute atomic E-state index is 6.28. The lowest BCUT2D eigenvalue weighted by Crippen LogP contribution is -2.65. The number of nitrogens with zero attached hydrogens (tertiary/aromatic N) is 1. The first-order chi connectivity index (χ1) is 8.43. The Hall–Kier alpha value is -0.0800. The Kier molecular flexibility index (Phi) is 4.08. The van der Waals surface area contributed by atoms with E-state index in [0.717, 1.165) is 18.4 Å². The zero-order chi connectivity index (χ0) is 13.4. The van der Waals surface area contributed by atoms with Gasteiger partial charge in [-0.2, -0.15) is 0 Å². The predicted molar refractivity (Wildman–Crippen MR) is 78.6 cm³/mol. The van der Waals surface area contributed by atoms with Gasteiger partial charge < -0.3 is 5.73 Å². The third kappa shape index (κ3) is 2.22. The van der Waals surface area contributed by atoms with Gasteiger partial charge in [0.2, 0.25) is 0 Å². The van der Waals surface area contributed by atoms with Crippen LogP contribution in [0.25, 0.3) is 0 Å². The molecule has 2 rings (SSSR count). The standard InChI is InChI=1S/C16H32N2/c1-13-7-10-18(11-14(13)2)16(12-17)9-6-5-8-15(16,3)4/h13-14H,5-12,17H2,1-4H3. The lowest BCUT2D eigenvalue weighted by atomic mass is 9.61. The molecule has 18 heavy (non-hydrogen) atoms. The van der Waals surface area contributed by atoms with Crippen molar-refractivity contribution in [2.24, 2.45) is 23.0 Å². The topological polar surface area (TPSA) is 29.3 Å². The number of rotatable bonds is 2. The summed E-state index contributed by atoms with van der Waals surface area (Å²) >= 11 is 0. The first-order valence-corrected chi connectivity index (χ1v) is 7.88. The number of piperidine rings is 1. The summed E-state index contributed by atoms with van der Waals surface area (Å²) in [6.07, 6.45) is 6.73. The van der Waals surface area contributed by atoms with E-state index >= 15 is 0 Å². The highest BCUT2D eigenvalue weighted by Crippen LogP contribution is 2.48. The molecule has 1 aliphatic carbocycles. The molecule has 2 aliphatic rings. The SMILES string of the molecule is CC1CCN(C2(CN)CCCCC2(C)C)CC1C. The molecule has 2 heteroatoms. The minimum absolute atomic E-state index is 0.264. The molecule has 0 aromatic heterocycles. The molecule has 3 atom stereocenters. The molecule has 2 fully saturated rings. The molecule has 106 valence electrons. The summed E-state index contributed by atoms with van der Waals surface area (Å²) < 4.78 is 0. The lowest BCUT2D eigenvalue weighted by Gasteiger charge is -2.58. The minimum Gasteiger partial charge on any atom is -0.329 e. The monoisotopic (exact) mass is 252 g/mol. The number of nitrogens with two attached hydrogens (primary N) is 1. The summed E-state index contributed by atoms with van der Waals surface area (Å²) in [5.74, 6) is 1.70. The molecule has 0 aromatic rings. The van der Waals surface area contributed by atoms with Gasteiger partial charge in [0.25, 0.3) is 0 Å². The van der Waals surface area contributed by atoms with Gasteiger partial charge in [-0.15, -0.1) is 0 Å². The summed E-state index contributed by atoms with van der Waals surface area (Å²) in [4.78, 5) is 2.76. The highest BCUT2D eigenvalue weighted by molar-refractivity contribution is 5.06. The minimum atomic E-state index is 0.264.